The molecule has 112 valence electrons. The fourth-order valence-electron chi connectivity index (χ4n) is 2.29. The van der Waals surface area contributed by atoms with E-state index >= 15 is 0 Å². The van der Waals surface area contributed by atoms with E-state index < -0.39 is 9.05 Å². The van der Waals surface area contributed by atoms with Crippen LogP contribution in [0.15, 0.2) is 47.4 Å². The second kappa shape index (κ2) is 5.50. The van der Waals surface area contributed by atoms with Gasteiger partial charge in [-0.15, -0.1) is 10.2 Å². The minimum absolute atomic E-state index is 0.0625. The van der Waals surface area contributed by atoms with Crippen LogP contribution in [0.1, 0.15) is 5.56 Å². The molecule has 0 amide bonds. The van der Waals surface area contributed by atoms with Crippen LogP contribution in [-0.2, 0) is 9.05 Å². The van der Waals surface area contributed by atoms with E-state index in [1.807, 2.05) is 24.3 Å². The topological polar surface area (TPSA) is 59.9 Å². The third kappa shape index (κ3) is 2.67. The molecule has 0 spiro atoms. The molecular weight excluding hydrogens is 343 g/mol. The highest BCUT2D eigenvalue weighted by Crippen LogP contribution is 2.32. The maximum atomic E-state index is 11.7. The third-order valence-corrected chi connectivity index (χ3v) is 5.11. The molecule has 0 aliphatic rings. The van der Waals surface area contributed by atoms with E-state index in [1.54, 1.807) is 19.1 Å². The SMILES string of the molecule is Cc1ccc(-c2nnc(Cl)c3ccccc23)cc1S(=O)(=O)Cl. The zero-order valence-corrected chi connectivity index (χ0v) is 13.7. The first-order valence-electron chi connectivity index (χ1n) is 6.34. The van der Waals surface area contributed by atoms with Crippen molar-refractivity contribution in [3.8, 4) is 11.3 Å². The summed E-state index contributed by atoms with van der Waals surface area (Å²) < 4.78 is 23.3. The van der Waals surface area contributed by atoms with Crippen molar-refractivity contribution in [1.29, 1.82) is 0 Å². The third-order valence-electron chi connectivity index (χ3n) is 3.37. The summed E-state index contributed by atoms with van der Waals surface area (Å²) in [6.07, 6.45) is 0. The Labute approximate surface area is 137 Å². The molecule has 0 aliphatic heterocycles. The maximum Gasteiger partial charge on any atom is 0.261 e. The number of aryl methyl sites for hydroxylation is 1. The lowest BCUT2D eigenvalue weighted by molar-refractivity contribution is 0.609. The number of hydrogen-bond acceptors (Lipinski definition) is 4. The van der Waals surface area contributed by atoms with Gasteiger partial charge in [-0.1, -0.05) is 48.0 Å². The predicted octanol–water partition coefficient (Wildman–Crippen LogP) is 4.19. The molecule has 0 saturated carbocycles. The number of nitrogens with zero attached hydrogens (tertiary/aromatic N) is 2. The molecule has 0 aliphatic carbocycles. The van der Waals surface area contributed by atoms with Gasteiger partial charge in [0.1, 0.15) is 5.69 Å². The molecule has 0 radical (unpaired) electrons. The Morgan fingerprint density at radius 2 is 1.68 bits per heavy atom. The van der Waals surface area contributed by atoms with Gasteiger partial charge in [-0.05, 0) is 18.6 Å². The second-order valence-corrected chi connectivity index (χ2v) is 7.70. The summed E-state index contributed by atoms with van der Waals surface area (Å²) in [6.45, 7) is 1.69. The summed E-state index contributed by atoms with van der Waals surface area (Å²) in [5.41, 5.74) is 1.75. The van der Waals surface area contributed by atoms with Crippen LogP contribution < -0.4 is 0 Å². The van der Waals surface area contributed by atoms with Gasteiger partial charge in [0.2, 0.25) is 0 Å². The Kier molecular flexibility index (Phi) is 3.80. The van der Waals surface area contributed by atoms with Crippen LogP contribution in [0.4, 0.5) is 0 Å². The summed E-state index contributed by atoms with van der Waals surface area (Å²) in [5, 5.41) is 9.89. The molecule has 3 rings (SSSR count). The van der Waals surface area contributed by atoms with E-state index in [9.17, 15) is 8.42 Å². The van der Waals surface area contributed by atoms with E-state index in [0.717, 1.165) is 10.8 Å². The number of benzene rings is 2. The Hall–Kier alpha value is -1.69. The van der Waals surface area contributed by atoms with Gasteiger partial charge in [-0.25, -0.2) is 8.42 Å². The van der Waals surface area contributed by atoms with Crippen LogP contribution in [-0.4, -0.2) is 18.6 Å². The van der Waals surface area contributed by atoms with Gasteiger partial charge >= 0.3 is 0 Å². The van der Waals surface area contributed by atoms with Crippen molar-refractivity contribution in [2.45, 2.75) is 11.8 Å². The van der Waals surface area contributed by atoms with Crippen molar-refractivity contribution >= 4 is 42.1 Å². The highest BCUT2D eigenvalue weighted by molar-refractivity contribution is 8.13. The number of rotatable bonds is 2. The van der Waals surface area contributed by atoms with Crippen molar-refractivity contribution in [2.75, 3.05) is 0 Å². The number of fused-ring (bicyclic) bond motifs is 1. The number of aromatic nitrogens is 2. The zero-order chi connectivity index (χ0) is 15.9. The van der Waals surface area contributed by atoms with Crippen molar-refractivity contribution in [3.63, 3.8) is 0 Å². The Morgan fingerprint density at radius 3 is 2.36 bits per heavy atom. The molecule has 0 fully saturated rings. The van der Waals surface area contributed by atoms with Crippen LogP contribution in [0.3, 0.4) is 0 Å². The van der Waals surface area contributed by atoms with Crippen LogP contribution in [0.5, 0.6) is 0 Å². The molecule has 7 heteroatoms. The summed E-state index contributed by atoms with van der Waals surface area (Å²) in [7, 11) is 1.65. The average molecular weight is 353 g/mol. The van der Waals surface area contributed by atoms with Gasteiger partial charge in [0, 0.05) is 27.0 Å². The maximum absolute atomic E-state index is 11.7. The largest absolute Gasteiger partial charge is 0.261 e. The van der Waals surface area contributed by atoms with Crippen molar-refractivity contribution in [1.82, 2.24) is 10.2 Å². The lowest BCUT2D eigenvalue weighted by atomic mass is 10.0. The first kappa shape index (κ1) is 15.2. The van der Waals surface area contributed by atoms with Gasteiger partial charge in [-0.3, -0.25) is 0 Å². The highest BCUT2D eigenvalue weighted by Gasteiger charge is 2.16. The summed E-state index contributed by atoms with van der Waals surface area (Å²) in [4.78, 5) is 0.0625. The second-order valence-electron chi connectivity index (χ2n) is 4.80. The monoisotopic (exact) mass is 352 g/mol. The molecule has 0 bridgehead atoms. The summed E-state index contributed by atoms with van der Waals surface area (Å²) >= 11 is 6.05. The van der Waals surface area contributed by atoms with Crippen LogP contribution in [0, 0.1) is 6.92 Å². The molecule has 0 saturated heterocycles. The fourth-order valence-corrected chi connectivity index (χ4v) is 3.72. The highest BCUT2D eigenvalue weighted by atomic mass is 35.7. The Bertz CT molecular complexity index is 988. The standard InChI is InChI=1S/C15H10Cl2N2O2S/c1-9-6-7-10(8-13(9)22(17,20)21)14-11-4-2-3-5-12(11)15(16)19-18-14/h2-8H,1H3. The quantitative estimate of drug-likeness (QED) is 0.649. The number of halogens is 2. The molecule has 0 unspecified atom stereocenters. The minimum Gasteiger partial charge on any atom is -0.207 e. The van der Waals surface area contributed by atoms with Gasteiger partial charge in [0.15, 0.2) is 5.15 Å². The molecule has 1 aromatic heterocycles. The molecular formula is C15H10Cl2N2O2S. The van der Waals surface area contributed by atoms with Gasteiger partial charge < -0.3 is 0 Å². The first-order valence-corrected chi connectivity index (χ1v) is 9.03. The van der Waals surface area contributed by atoms with E-state index in [1.165, 1.54) is 6.07 Å². The van der Waals surface area contributed by atoms with Crippen molar-refractivity contribution in [2.24, 2.45) is 0 Å². The molecule has 2 aromatic carbocycles. The van der Waals surface area contributed by atoms with Gasteiger partial charge in [-0.2, -0.15) is 0 Å². The van der Waals surface area contributed by atoms with Gasteiger partial charge in [0.05, 0.1) is 4.90 Å². The summed E-state index contributed by atoms with van der Waals surface area (Å²) in [6, 6.07) is 12.4. The minimum atomic E-state index is -3.83. The lowest BCUT2D eigenvalue weighted by Gasteiger charge is -2.08. The smallest absolute Gasteiger partial charge is 0.207 e. The molecule has 22 heavy (non-hydrogen) atoms. The molecule has 4 nitrogen and oxygen atoms in total. The van der Waals surface area contributed by atoms with E-state index in [0.29, 0.717) is 22.0 Å². The first-order chi connectivity index (χ1) is 10.4. The van der Waals surface area contributed by atoms with E-state index in [2.05, 4.69) is 10.2 Å². The van der Waals surface area contributed by atoms with Crippen LogP contribution >= 0.6 is 22.3 Å². The Morgan fingerprint density at radius 1 is 1.00 bits per heavy atom. The lowest BCUT2D eigenvalue weighted by Crippen LogP contribution is -1.97. The normalized spacial score (nSPS) is 11.8. The number of hydrogen-bond donors (Lipinski definition) is 0. The predicted molar refractivity (Wildman–Crippen MR) is 87.8 cm³/mol. The molecule has 3 aromatic rings. The summed E-state index contributed by atoms with van der Waals surface area (Å²) in [5.74, 6) is 0. The molecule has 0 N–H and O–H groups in total. The van der Waals surface area contributed by atoms with Gasteiger partial charge in [0.25, 0.3) is 9.05 Å². The fraction of sp³-hybridized carbons (Fsp3) is 0.0667. The molecule has 0 atom stereocenters. The van der Waals surface area contributed by atoms with Crippen LogP contribution in [0.25, 0.3) is 22.0 Å². The van der Waals surface area contributed by atoms with Crippen molar-refractivity contribution < 1.29 is 8.42 Å². The van der Waals surface area contributed by atoms with E-state index in [-0.39, 0.29) is 4.90 Å². The van der Waals surface area contributed by atoms with E-state index in [4.69, 9.17) is 22.3 Å². The Balaban J connectivity index is 2.32. The average Bonchev–Trinajstić information content (AvgIpc) is 2.48. The molecule has 1 heterocycles. The van der Waals surface area contributed by atoms with Crippen LogP contribution in [0.2, 0.25) is 5.15 Å². The zero-order valence-electron chi connectivity index (χ0n) is 11.4. The van der Waals surface area contributed by atoms with Crippen molar-refractivity contribution in [3.05, 3.63) is 53.2 Å².